The number of azo groups is 1. The van der Waals surface area contributed by atoms with Gasteiger partial charge in [-0.25, -0.2) is 4.79 Å². The van der Waals surface area contributed by atoms with Gasteiger partial charge < -0.3 is 15.3 Å². The van der Waals surface area contributed by atoms with E-state index in [0.717, 1.165) is 0 Å². The summed E-state index contributed by atoms with van der Waals surface area (Å²) in [6.45, 7) is 0. The fraction of sp³-hybridized carbons (Fsp3) is 0. The Morgan fingerprint density at radius 3 is 2.55 bits per heavy atom. The van der Waals surface area contributed by atoms with E-state index < -0.39 is 11.8 Å². The van der Waals surface area contributed by atoms with Crippen LogP contribution in [0.15, 0.2) is 40.6 Å². The molecule has 0 amide bonds. The van der Waals surface area contributed by atoms with Crippen molar-refractivity contribution in [2.75, 3.05) is 0 Å². The highest BCUT2D eigenvalue weighted by molar-refractivity contribution is 6.31. The molecule has 102 valence electrons. The second-order valence-corrected chi connectivity index (χ2v) is 4.12. The van der Waals surface area contributed by atoms with Crippen molar-refractivity contribution in [2.45, 2.75) is 0 Å². The molecule has 1 heterocycles. The van der Waals surface area contributed by atoms with E-state index in [9.17, 15) is 9.90 Å². The molecule has 1 aromatic carbocycles. The van der Waals surface area contributed by atoms with Gasteiger partial charge in [-0.15, -0.1) is 10.2 Å². The zero-order valence-electron chi connectivity index (χ0n) is 9.86. The van der Waals surface area contributed by atoms with Gasteiger partial charge in [-0.05, 0) is 30.3 Å². The van der Waals surface area contributed by atoms with Crippen LogP contribution in [0.5, 0.6) is 11.6 Å². The minimum atomic E-state index is -1.19. The highest BCUT2D eigenvalue weighted by Crippen LogP contribution is 2.28. The summed E-state index contributed by atoms with van der Waals surface area (Å²) in [6, 6.07) is 6.63. The summed E-state index contributed by atoms with van der Waals surface area (Å²) in [7, 11) is 0. The second kappa shape index (κ2) is 5.54. The van der Waals surface area contributed by atoms with Gasteiger partial charge in [0, 0.05) is 5.02 Å². The third kappa shape index (κ3) is 3.01. The van der Waals surface area contributed by atoms with Crippen LogP contribution in [0.3, 0.4) is 0 Å². The Balaban J connectivity index is 2.36. The summed E-state index contributed by atoms with van der Waals surface area (Å²) in [5.74, 6) is -2.15. The number of pyridine rings is 1. The Labute approximate surface area is 117 Å². The van der Waals surface area contributed by atoms with E-state index in [2.05, 4.69) is 15.2 Å². The van der Waals surface area contributed by atoms with E-state index in [-0.39, 0.29) is 27.8 Å². The maximum absolute atomic E-state index is 11.0. The van der Waals surface area contributed by atoms with Crippen LogP contribution < -0.4 is 0 Å². The van der Waals surface area contributed by atoms with Crippen molar-refractivity contribution >= 4 is 29.1 Å². The number of carboxylic acids is 1. The first-order chi connectivity index (χ1) is 9.47. The molecule has 8 heteroatoms. The minimum Gasteiger partial charge on any atom is -0.503 e. The molecule has 3 N–H and O–H groups in total. The molecule has 0 unspecified atom stereocenters. The van der Waals surface area contributed by atoms with Crippen molar-refractivity contribution in [1.29, 1.82) is 0 Å². The predicted octanol–water partition coefficient (Wildman–Crippen LogP) is 3.26. The molecule has 0 aliphatic rings. The number of rotatable bonds is 3. The summed E-state index contributed by atoms with van der Waals surface area (Å²) in [4.78, 5) is 14.6. The molecule has 0 spiro atoms. The van der Waals surface area contributed by atoms with E-state index in [1.54, 1.807) is 0 Å². The lowest BCUT2D eigenvalue weighted by Crippen LogP contribution is -1.96. The fourth-order valence-electron chi connectivity index (χ4n) is 1.36. The first kappa shape index (κ1) is 13.8. The average Bonchev–Trinajstić information content (AvgIpc) is 2.41. The summed E-state index contributed by atoms with van der Waals surface area (Å²) in [5, 5.41) is 35.0. The van der Waals surface area contributed by atoms with Crippen LogP contribution in [0.2, 0.25) is 5.02 Å². The lowest BCUT2D eigenvalue weighted by Gasteiger charge is -2.00. The van der Waals surface area contributed by atoms with Crippen molar-refractivity contribution in [3.05, 3.63) is 40.9 Å². The van der Waals surface area contributed by atoms with Crippen molar-refractivity contribution < 1.29 is 20.1 Å². The first-order valence-electron chi connectivity index (χ1n) is 5.31. The number of hydrogen-bond donors (Lipinski definition) is 3. The maximum Gasteiger partial charge on any atom is 0.338 e. The number of aromatic nitrogens is 1. The van der Waals surface area contributed by atoms with Gasteiger partial charge in [-0.3, -0.25) is 0 Å². The molecule has 0 saturated carbocycles. The van der Waals surface area contributed by atoms with Gasteiger partial charge in [0.05, 0.1) is 5.56 Å². The highest BCUT2D eigenvalue weighted by Gasteiger charge is 2.10. The van der Waals surface area contributed by atoms with Gasteiger partial charge in [0.2, 0.25) is 0 Å². The summed E-state index contributed by atoms with van der Waals surface area (Å²) in [6.07, 6.45) is 0. The van der Waals surface area contributed by atoms with Crippen LogP contribution in [0.4, 0.5) is 11.5 Å². The molecule has 20 heavy (non-hydrogen) atoms. The normalized spacial score (nSPS) is 10.8. The van der Waals surface area contributed by atoms with Gasteiger partial charge in [0.15, 0.2) is 11.6 Å². The standard InChI is InChI=1S/C12H8ClN3O4/c13-6-1-2-8(7(5-6)12(19)20)15-16-10-4-3-9(17)11(18)14-10/h1-5,17H,(H,14,18)(H,19,20)/b16-15+. The molecule has 0 aliphatic heterocycles. The van der Waals surface area contributed by atoms with E-state index in [4.69, 9.17) is 21.8 Å². The van der Waals surface area contributed by atoms with Crippen LogP contribution in [-0.2, 0) is 0 Å². The summed E-state index contributed by atoms with van der Waals surface area (Å²) in [5.41, 5.74) is -0.0134. The van der Waals surface area contributed by atoms with Gasteiger partial charge in [-0.1, -0.05) is 11.6 Å². The molecular weight excluding hydrogens is 286 g/mol. The molecular formula is C12H8ClN3O4. The molecule has 0 atom stereocenters. The number of aromatic carboxylic acids is 1. The number of carbonyl (C=O) groups is 1. The molecule has 0 fully saturated rings. The smallest absolute Gasteiger partial charge is 0.338 e. The molecule has 2 aromatic rings. The van der Waals surface area contributed by atoms with E-state index in [0.29, 0.717) is 0 Å². The lowest BCUT2D eigenvalue weighted by molar-refractivity contribution is 0.0697. The summed E-state index contributed by atoms with van der Waals surface area (Å²) < 4.78 is 0. The molecule has 0 radical (unpaired) electrons. The van der Waals surface area contributed by atoms with Crippen molar-refractivity contribution in [3.8, 4) is 11.6 Å². The molecule has 0 aliphatic carbocycles. The Hall–Kier alpha value is -2.67. The van der Waals surface area contributed by atoms with E-state index in [1.807, 2.05) is 0 Å². The molecule has 2 rings (SSSR count). The van der Waals surface area contributed by atoms with Gasteiger partial charge in [-0.2, -0.15) is 4.98 Å². The largest absolute Gasteiger partial charge is 0.503 e. The monoisotopic (exact) mass is 293 g/mol. The average molecular weight is 294 g/mol. The Morgan fingerprint density at radius 1 is 1.15 bits per heavy atom. The fourth-order valence-corrected chi connectivity index (χ4v) is 1.53. The number of aromatic hydroxyl groups is 2. The third-order valence-electron chi connectivity index (χ3n) is 2.29. The number of carboxylic acid groups (broad SMARTS) is 1. The zero-order valence-corrected chi connectivity index (χ0v) is 10.6. The van der Waals surface area contributed by atoms with E-state index >= 15 is 0 Å². The van der Waals surface area contributed by atoms with Gasteiger partial charge >= 0.3 is 5.97 Å². The van der Waals surface area contributed by atoms with Crippen LogP contribution in [0.1, 0.15) is 10.4 Å². The molecule has 7 nitrogen and oxygen atoms in total. The zero-order chi connectivity index (χ0) is 14.7. The quantitative estimate of drug-likeness (QED) is 0.751. The number of hydrogen-bond acceptors (Lipinski definition) is 6. The van der Waals surface area contributed by atoms with Crippen molar-refractivity contribution in [3.63, 3.8) is 0 Å². The number of benzene rings is 1. The lowest BCUT2D eigenvalue weighted by atomic mass is 10.2. The Morgan fingerprint density at radius 2 is 1.90 bits per heavy atom. The maximum atomic E-state index is 11.0. The van der Waals surface area contributed by atoms with Crippen LogP contribution in [0, 0.1) is 0 Å². The summed E-state index contributed by atoms with van der Waals surface area (Å²) >= 11 is 5.71. The second-order valence-electron chi connectivity index (χ2n) is 3.68. The Bertz CT molecular complexity index is 703. The minimum absolute atomic E-state index is 0.0200. The van der Waals surface area contributed by atoms with Gasteiger partial charge in [0.1, 0.15) is 5.69 Å². The first-order valence-corrected chi connectivity index (χ1v) is 5.69. The number of halogens is 1. The molecule has 0 saturated heterocycles. The predicted molar refractivity (Wildman–Crippen MR) is 70.2 cm³/mol. The highest BCUT2D eigenvalue weighted by atomic mass is 35.5. The van der Waals surface area contributed by atoms with Crippen LogP contribution >= 0.6 is 11.6 Å². The van der Waals surface area contributed by atoms with Crippen molar-refractivity contribution in [2.24, 2.45) is 10.2 Å². The van der Waals surface area contributed by atoms with E-state index in [1.165, 1.54) is 30.3 Å². The third-order valence-corrected chi connectivity index (χ3v) is 2.52. The number of nitrogens with zero attached hydrogens (tertiary/aromatic N) is 3. The molecule has 0 bridgehead atoms. The Kier molecular flexibility index (Phi) is 3.81. The van der Waals surface area contributed by atoms with Crippen LogP contribution in [-0.4, -0.2) is 26.3 Å². The topological polar surface area (TPSA) is 115 Å². The molecule has 1 aromatic heterocycles. The van der Waals surface area contributed by atoms with Crippen molar-refractivity contribution in [1.82, 2.24) is 4.98 Å². The SMILES string of the molecule is O=C(O)c1cc(Cl)ccc1/N=N/c1ccc(O)c(O)n1. The van der Waals surface area contributed by atoms with Crippen LogP contribution in [0.25, 0.3) is 0 Å². The van der Waals surface area contributed by atoms with Gasteiger partial charge in [0.25, 0.3) is 5.88 Å².